The third-order valence-corrected chi connectivity index (χ3v) is 15.0. The summed E-state index contributed by atoms with van der Waals surface area (Å²) in [6, 6.07) is 22.6. The van der Waals surface area contributed by atoms with Gasteiger partial charge in [0.05, 0.1) is 0 Å². The van der Waals surface area contributed by atoms with Gasteiger partial charge >= 0.3 is 26.7 Å². The van der Waals surface area contributed by atoms with Gasteiger partial charge in [-0.05, 0) is 104 Å². The van der Waals surface area contributed by atoms with Gasteiger partial charge in [0.25, 0.3) is 0 Å². The Morgan fingerprint density at radius 2 is 1.35 bits per heavy atom. The van der Waals surface area contributed by atoms with E-state index >= 15 is 0 Å². The number of fused-ring (bicyclic) bond motifs is 1. The first kappa shape index (κ1) is 43.5. The number of rotatable bonds is 9. The smallest absolute Gasteiger partial charge is 0.418 e. The molecule has 0 N–H and O–H groups in total. The Kier molecular flexibility index (Phi) is 17.6. The molecule has 3 aliphatic rings. The molecule has 2 aromatic rings. The van der Waals surface area contributed by atoms with Crippen molar-refractivity contribution < 1.29 is 41.5 Å². The number of halogens is 4. The first-order chi connectivity index (χ1) is 22.5. The van der Waals surface area contributed by atoms with Crippen LogP contribution in [0.2, 0.25) is 19.6 Å². The van der Waals surface area contributed by atoms with Crippen molar-refractivity contribution in [3.8, 4) is 0 Å². The topological polar surface area (TPSA) is 17.1 Å². The van der Waals surface area contributed by atoms with Crippen molar-refractivity contribution >= 4 is 39.6 Å². The number of hydrogen-bond acceptors (Lipinski definition) is 1. The normalized spacial score (nSPS) is 26.1. The molecule has 270 valence electrons. The summed E-state index contributed by atoms with van der Waals surface area (Å²) in [5.41, 5.74) is 0. The van der Waals surface area contributed by atoms with Crippen molar-refractivity contribution in [3.05, 3.63) is 96.7 Å². The summed E-state index contributed by atoms with van der Waals surface area (Å²) in [6.07, 6.45) is 18.4. The van der Waals surface area contributed by atoms with Crippen LogP contribution in [0.25, 0.3) is 0 Å². The molecule has 2 aromatic carbocycles. The molecule has 7 atom stereocenters. The number of hydrogen-bond donors (Lipinski definition) is 0. The van der Waals surface area contributed by atoms with Crippen LogP contribution < -0.4 is 10.6 Å². The third kappa shape index (κ3) is 13.8. The second-order valence-corrected chi connectivity index (χ2v) is 22.8. The standard InChI is InChI=1S/C33H43P.C7H13OSi.BF4.Rh/c1-24(2)29-19-18-25(3)22-32(29)33-23-26(30-16-10-11-17-31(30)33)20-21-34(27-12-6-4-7-13-27)28-14-8-5-9-15-28;1-6(8)7(2)9(3,4)5;2-1(3,4)5;/h4-17,24-26,29-33H,18-23H2,1-3H3;2H,1,3-5H3;;/q;2*-1;+3/t25-,26?,29-,30?,31?,32-,33?;;;/m1.../s1. The minimum Gasteiger partial charge on any atom is -0.418 e. The molecule has 4 unspecified atom stereocenters. The Bertz CT molecular complexity index is 1320. The fourth-order valence-electron chi connectivity index (χ4n) is 8.19. The number of allylic oxidation sites excluding steroid dienone is 5. The predicted octanol–water partition coefficient (Wildman–Crippen LogP) is 11.3. The van der Waals surface area contributed by atoms with Gasteiger partial charge in [-0.25, -0.2) is 0 Å². The van der Waals surface area contributed by atoms with Crippen LogP contribution in [0.5, 0.6) is 0 Å². The van der Waals surface area contributed by atoms with Crippen LogP contribution in [0.4, 0.5) is 17.3 Å². The molecular formula is C40H56BF4OPRhSi+. The number of ketones is 1. The van der Waals surface area contributed by atoms with Crippen LogP contribution >= 0.6 is 7.92 Å². The Morgan fingerprint density at radius 3 is 1.78 bits per heavy atom. The van der Waals surface area contributed by atoms with Gasteiger partial charge in [-0.15, -0.1) is 0 Å². The number of Topliss-reactive ketones (excluding diaryl/α,β-unsaturated/α-hetero) is 1. The summed E-state index contributed by atoms with van der Waals surface area (Å²) in [6.45, 7) is 20.7. The van der Waals surface area contributed by atoms with Crippen molar-refractivity contribution in [1.29, 1.82) is 0 Å². The van der Waals surface area contributed by atoms with Crippen molar-refractivity contribution in [3.63, 3.8) is 0 Å². The van der Waals surface area contributed by atoms with Gasteiger partial charge in [-0.2, -0.15) is 5.20 Å². The number of carbonyl (C=O) groups excluding carboxylic acids is 1. The van der Waals surface area contributed by atoms with Gasteiger partial charge in [-0.1, -0.05) is 139 Å². The molecule has 9 heteroatoms. The largest absolute Gasteiger partial charge is 3.00 e. The van der Waals surface area contributed by atoms with Gasteiger partial charge in [0, 0.05) is 8.07 Å². The van der Waals surface area contributed by atoms with Crippen molar-refractivity contribution in [1.82, 2.24) is 0 Å². The van der Waals surface area contributed by atoms with E-state index in [9.17, 15) is 22.1 Å². The van der Waals surface area contributed by atoms with E-state index in [4.69, 9.17) is 6.58 Å². The van der Waals surface area contributed by atoms with Gasteiger partial charge in [0.1, 0.15) is 0 Å². The zero-order chi connectivity index (χ0) is 35.6. The molecule has 2 fully saturated rings. The maximum Gasteiger partial charge on any atom is 3.00 e. The molecule has 0 aliphatic heterocycles. The molecule has 0 saturated heterocycles. The molecule has 2 saturated carbocycles. The van der Waals surface area contributed by atoms with Crippen LogP contribution in [0, 0.1) is 53.9 Å². The minimum absolute atomic E-state index is 0. The molecule has 1 nitrogen and oxygen atoms in total. The molecule has 0 bridgehead atoms. The predicted molar refractivity (Wildman–Crippen MR) is 202 cm³/mol. The van der Waals surface area contributed by atoms with Crippen LogP contribution in [0.15, 0.2) is 90.2 Å². The van der Waals surface area contributed by atoms with E-state index in [1.165, 1.54) is 55.8 Å². The Labute approximate surface area is 309 Å². The average molecular weight is 802 g/mol. The Morgan fingerprint density at radius 1 is 0.857 bits per heavy atom. The second kappa shape index (κ2) is 19.8. The Balaban J connectivity index is 0.000000471. The fourth-order valence-corrected chi connectivity index (χ4v) is 11.7. The van der Waals surface area contributed by atoms with Crippen LogP contribution in [-0.4, -0.2) is 27.3 Å². The molecule has 3 aliphatic carbocycles. The molecule has 0 heterocycles. The van der Waals surface area contributed by atoms with E-state index in [1.54, 1.807) is 0 Å². The Hall–Kier alpha value is -1.61. The number of carbonyl (C=O) groups is 1. The first-order valence-corrected chi connectivity index (χ1v) is 22.7. The molecule has 0 spiro atoms. The summed E-state index contributed by atoms with van der Waals surface area (Å²) in [5.74, 6) is 6.84. The maximum absolute atomic E-state index is 10.7. The quantitative estimate of drug-likeness (QED) is 0.0812. The summed E-state index contributed by atoms with van der Waals surface area (Å²) in [5, 5.41) is 3.66. The third-order valence-electron chi connectivity index (χ3n) is 10.5. The average Bonchev–Trinajstić information content (AvgIpc) is 3.39. The molecule has 49 heavy (non-hydrogen) atoms. The van der Waals surface area contributed by atoms with Crippen molar-refractivity contribution in [2.24, 2.45) is 47.3 Å². The fraction of sp³-hybridized carbons (Fsp3) is 0.525. The van der Waals surface area contributed by atoms with Crippen molar-refractivity contribution in [2.75, 3.05) is 6.16 Å². The summed E-state index contributed by atoms with van der Waals surface area (Å²) >= 11 is 0. The maximum atomic E-state index is 10.7. The molecule has 0 aromatic heterocycles. The molecule has 0 amide bonds. The van der Waals surface area contributed by atoms with E-state index in [0.29, 0.717) is 5.20 Å². The van der Waals surface area contributed by atoms with Crippen molar-refractivity contribution in [2.45, 2.75) is 79.4 Å². The van der Waals surface area contributed by atoms with Gasteiger partial charge in [0.15, 0.2) is 0 Å². The van der Waals surface area contributed by atoms with E-state index in [0.717, 1.165) is 47.3 Å². The van der Waals surface area contributed by atoms with Gasteiger partial charge in [-0.3, -0.25) is 6.58 Å². The summed E-state index contributed by atoms with van der Waals surface area (Å²) in [7, 11) is -7.77. The zero-order valence-corrected chi connectivity index (χ0v) is 33.8. The minimum atomic E-state index is -6.00. The first-order valence-electron chi connectivity index (χ1n) is 17.7. The van der Waals surface area contributed by atoms with E-state index in [1.807, 2.05) is 0 Å². The van der Waals surface area contributed by atoms with Crippen LogP contribution in [-0.2, 0) is 24.3 Å². The van der Waals surface area contributed by atoms with E-state index < -0.39 is 15.3 Å². The SMILES string of the molecule is CC(C)[C@H]1CC[C@@H](C)C[C@H]1C1CC(CCP(c2ccccc2)c2ccccc2)C2C=CC=CC21.F[B-](F)(F)F.[CH-]=C(C(C)=O)[Si](C)(C)C.[Rh+3]. The molecular weight excluding hydrogens is 745 g/mol. The van der Waals surface area contributed by atoms with Gasteiger partial charge < -0.3 is 22.1 Å². The second-order valence-electron chi connectivity index (χ2n) is 15.4. The van der Waals surface area contributed by atoms with E-state index in [-0.39, 0.29) is 33.2 Å². The number of benzene rings is 2. The van der Waals surface area contributed by atoms with Gasteiger partial charge in [0.2, 0.25) is 0 Å². The van der Waals surface area contributed by atoms with Crippen LogP contribution in [0.3, 0.4) is 0 Å². The van der Waals surface area contributed by atoms with E-state index in [2.05, 4.69) is 125 Å². The monoisotopic (exact) mass is 801 g/mol. The molecule has 0 radical (unpaired) electrons. The summed E-state index contributed by atoms with van der Waals surface area (Å²) < 4.78 is 39.0. The van der Waals surface area contributed by atoms with Crippen LogP contribution in [0.1, 0.15) is 59.8 Å². The summed E-state index contributed by atoms with van der Waals surface area (Å²) in [4.78, 5) is 10.7. The molecule has 5 rings (SSSR count). The zero-order valence-electron chi connectivity index (χ0n) is 30.3.